The summed E-state index contributed by atoms with van der Waals surface area (Å²) in [6, 6.07) is 0.268. The molecule has 1 aliphatic carbocycles. The maximum absolute atomic E-state index is 12.3. The first-order valence-electron chi connectivity index (χ1n) is 6.57. The van der Waals surface area contributed by atoms with Crippen molar-refractivity contribution in [2.45, 2.75) is 46.0 Å². The first kappa shape index (κ1) is 12.9. The molecule has 1 fully saturated rings. The molecule has 0 aliphatic heterocycles. The molecule has 0 saturated heterocycles. The van der Waals surface area contributed by atoms with Crippen molar-refractivity contribution in [3.05, 3.63) is 0 Å². The van der Waals surface area contributed by atoms with Gasteiger partial charge in [-0.2, -0.15) is 4.98 Å². The van der Waals surface area contributed by atoms with Gasteiger partial charge in [0.25, 0.3) is 0 Å². The van der Waals surface area contributed by atoms with Crippen molar-refractivity contribution >= 4 is 11.9 Å². The van der Waals surface area contributed by atoms with Crippen molar-refractivity contribution in [2.24, 2.45) is 5.41 Å². The van der Waals surface area contributed by atoms with Gasteiger partial charge in [0, 0.05) is 5.41 Å². The highest BCUT2D eigenvalue weighted by Crippen LogP contribution is 2.41. The second kappa shape index (κ2) is 5.37. The summed E-state index contributed by atoms with van der Waals surface area (Å²) in [6.07, 6.45) is 5.04. The van der Waals surface area contributed by atoms with Crippen LogP contribution in [-0.2, 0) is 4.79 Å². The summed E-state index contributed by atoms with van der Waals surface area (Å²) in [5, 5.41) is 9.34. The predicted molar refractivity (Wildman–Crippen MR) is 67.4 cm³/mol. The van der Waals surface area contributed by atoms with Crippen LogP contribution < -0.4 is 10.1 Å². The number of hydrogen-bond donors (Lipinski definition) is 2. The molecule has 1 amide bonds. The van der Waals surface area contributed by atoms with E-state index in [-0.39, 0.29) is 17.3 Å². The Kier molecular flexibility index (Phi) is 3.84. The van der Waals surface area contributed by atoms with Crippen molar-refractivity contribution in [1.82, 2.24) is 15.2 Å². The van der Waals surface area contributed by atoms with E-state index in [0.717, 1.165) is 32.1 Å². The number of H-pyrrole nitrogens is 1. The number of aromatic nitrogens is 3. The normalized spacial score (nSPS) is 17.7. The van der Waals surface area contributed by atoms with Gasteiger partial charge < -0.3 is 4.74 Å². The summed E-state index contributed by atoms with van der Waals surface area (Å²) in [6.45, 7) is 4.43. The Balaban J connectivity index is 2.01. The molecule has 0 unspecified atom stereocenters. The minimum Gasteiger partial charge on any atom is -0.463 e. The summed E-state index contributed by atoms with van der Waals surface area (Å²) < 4.78 is 5.14. The maximum atomic E-state index is 12.3. The lowest BCUT2D eigenvalue weighted by Crippen LogP contribution is -2.33. The first-order valence-corrected chi connectivity index (χ1v) is 6.57. The number of carbonyl (C=O) groups excluding carboxylic acids is 1. The molecule has 0 radical (unpaired) electrons. The minimum absolute atomic E-state index is 0.0432. The number of aromatic amines is 1. The number of nitrogens with one attached hydrogen (secondary N) is 2. The summed E-state index contributed by atoms with van der Waals surface area (Å²) >= 11 is 0. The zero-order valence-corrected chi connectivity index (χ0v) is 11.0. The van der Waals surface area contributed by atoms with E-state index in [2.05, 4.69) is 27.4 Å². The zero-order valence-electron chi connectivity index (χ0n) is 11.0. The fourth-order valence-corrected chi connectivity index (χ4v) is 2.53. The molecule has 18 heavy (non-hydrogen) atoms. The second-order valence-electron chi connectivity index (χ2n) is 4.69. The SMILES string of the molecule is CCOc1n[nH]c(NC(=O)C2(CC)CCCC2)n1. The quantitative estimate of drug-likeness (QED) is 0.841. The van der Waals surface area contributed by atoms with Gasteiger partial charge in [0.05, 0.1) is 6.61 Å². The third-order valence-corrected chi connectivity index (χ3v) is 3.69. The Morgan fingerprint density at radius 1 is 1.44 bits per heavy atom. The van der Waals surface area contributed by atoms with Crippen LogP contribution in [0.3, 0.4) is 0 Å². The number of hydrogen-bond acceptors (Lipinski definition) is 4. The third kappa shape index (κ3) is 2.47. The highest BCUT2D eigenvalue weighted by molar-refractivity contribution is 5.94. The largest absolute Gasteiger partial charge is 0.463 e. The smallest absolute Gasteiger partial charge is 0.337 e. The lowest BCUT2D eigenvalue weighted by molar-refractivity contribution is -0.125. The lowest BCUT2D eigenvalue weighted by Gasteiger charge is -2.25. The van der Waals surface area contributed by atoms with Crippen LogP contribution in [0.25, 0.3) is 0 Å². The summed E-state index contributed by atoms with van der Waals surface area (Å²) in [7, 11) is 0. The van der Waals surface area contributed by atoms with Crippen LogP contribution in [-0.4, -0.2) is 27.7 Å². The van der Waals surface area contributed by atoms with Crippen molar-refractivity contribution < 1.29 is 9.53 Å². The van der Waals surface area contributed by atoms with Gasteiger partial charge in [-0.3, -0.25) is 10.1 Å². The van der Waals surface area contributed by atoms with Gasteiger partial charge in [0.2, 0.25) is 11.9 Å². The van der Waals surface area contributed by atoms with Gasteiger partial charge >= 0.3 is 6.01 Å². The van der Waals surface area contributed by atoms with E-state index in [9.17, 15) is 4.79 Å². The lowest BCUT2D eigenvalue weighted by atomic mass is 9.82. The van der Waals surface area contributed by atoms with E-state index in [4.69, 9.17) is 4.74 Å². The van der Waals surface area contributed by atoms with Crippen LogP contribution in [0, 0.1) is 5.41 Å². The Morgan fingerprint density at radius 2 is 2.17 bits per heavy atom. The van der Waals surface area contributed by atoms with Crippen LogP contribution in [0.5, 0.6) is 6.01 Å². The minimum atomic E-state index is -0.224. The van der Waals surface area contributed by atoms with Crippen LogP contribution in [0.1, 0.15) is 46.0 Å². The van der Waals surface area contributed by atoms with Gasteiger partial charge in [0.15, 0.2) is 0 Å². The predicted octanol–water partition coefficient (Wildman–Crippen LogP) is 2.11. The molecule has 1 aromatic heterocycles. The fraction of sp³-hybridized carbons (Fsp3) is 0.750. The highest BCUT2D eigenvalue weighted by Gasteiger charge is 2.39. The molecule has 0 atom stereocenters. The number of ether oxygens (including phenoxy) is 1. The molecule has 6 nitrogen and oxygen atoms in total. The average Bonchev–Trinajstić information content (AvgIpc) is 2.99. The van der Waals surface area contributed by atoms with Crippen molar-refractivity contribution in [3.63, 3.8) is 0 Å². The molecule has 1 saturated carbocycles. The zero-order chi connectivity index (χ0) is 13.0. The van der Waals surface area contributed by atoms with E-state index in [1.54, 1.807) is 0 Å². The van der Waals surface area contributed by atoms with Gasteiger partial charge in [0.1, 0.15) is 0 Å². The molecule has 2 rings (SSSR count). The molecule has 0 spiro atoms. The van der Waals surface area contributed by atoms with E-state index in [1.807, 2.05) is 6.92 Å². The maximum Gasteiger partial charge on any atom is 0.337 e. The van der Waals surface area contributed by atoms with Crippen molar-refractivity contribution in [2.75, 3.05) is 11.9 Å². The Hall–Kier alpha value is -1.59. The Morgan fingerprint density at radius 3 is 2.78 bits per heavy atom. The molecule has 0 aromatic carbocycles. The first-order chi connectivity index (χ1) is 8.70. The van der Waals surface area contributed by atoms with Gasteiger partial charge in [-0.25, -0.2) is 5.10 Å². The number of amides is 1. The van der Waals surface area contributed by atoms with Crippen LogP contribution in [0.4, 0.5) is 5.95 Å². The topological polar surface area (TPSA) is 79.9 Å². The molecule has 1 heterocycles. The van der Waals surface area contributed by atoms with Crippen molar-refractivity contribution in [3.8, 4) is 6.01 Å². The molecule has 100 valence electrons. The van der Waals surface area contributed by atoms with E-state index >= 15 is 0 Å². The summed E-state index contributed by atoms with van der Waals surface area (Å²) in [5.41, 5.74) is -0.224. The average molecular weight is 252 g/mol. The van der Waals surface area contributed by atoms with E-state index < -0.39 is 0 Å². The number of rotatable bonds is 5. The van der Waals surface area contributed by atoms with Crippen LogP contribution >= 0.6 is 0 Å². The molecule has 0 bridgehead atoms. The van der Waals surface area contributed by atoms with Crippen molar-refractivity contribution in [1.29, 1.82) is 0 Å². The molecular weight excluding hydrogens is 232 g/mol. The third-order valence-electron chi connectivity index (χ3n) is 3.69. The monoisotopic (exact) mass is 252 g/mol. The van der Waals surface area contributed by atoms with Crippen LogP contribution in [0.2, 0.25) is 0 Å². The van der Waals surface area contributed by atoms with Gasteiger partial charge in [-0.1, -0.05) is 19.8 Å². The van der Waals surface area contributed by atoms with Gasteiger partial charge in [-0.05, 0) is 26.2 Å². The summed E-state index contributed by atoms with van der Waals surface area (Å²) in [5.74, 6) is 0.407. The molecule has 6 heteroatoms. The molecule has 2 N–H and O–H groups in total. The van der Waals surface area contributed by atoms with E-state index in [0.29, 0.717) is 12.6 Å². The number of carbonyl (C=O) groups is 1. The highest BCUT2D eigenvalue weighted by atomic mass is 16.5. The molecule has 1 aliphatic rings. The molecule has 1 aromatic rings. The number of nitrogens with zero attached hydrogens (tertiary/aromatic N) is 2. The Labute approximate surface area is 107 Å². The summed E-state index contributed by atoms with van der Waals surface area (Å²) in [4.78, 5) is 16.4. The van der Waals surface area contributed by atoms with E-state index in [1.165, 1.54) is 0 Å². The Bertz CT molecular complexity index is 410. The van der Waals surface area contributed by atoms with Gasteiger partial charge in [-0.15, -0.1) is 5.10 Å². The standard InChI is InChI=1S/C12H20N4O2/c1-3-12(7-5-6-8-12)9(17)13-10-14-11(16-15-10)18-4-2/h3-8H2,1-2H3,(H2,13,14,15,16,17). The fourth-order valence-electron chi connectivity index (χ4n) is 2.53. The molecular formula is C12H20N4O2. The van der Waals surface area contributed by atoms with Crippen LogP contribution in [0.15, 0.2) is 0 Å². The second-order valence-corrected chi connectivity index (χ2v) is 4.69. The number of anilines is 1.